The van der Waals surface area contributed by atoms with Crippen LogP contribution in [-0.4, -0.2) is 42.7 Å². The summed E-state index contributed by atoms with van der Waals surface area (Å²) in [4.78, 5) is 4.79. The van der Waals surface area contributed by atoms with Crippen LogP contribution in [0.1, 0.15) is 12.5 Å². The van der Waals surface area contributed by atoms with Crippen molar-refractivity contribution in [3.8, 4) is 5.75 Å². The highest BCUT2D eigenvalue weighted by molar-refractivity contribution is 5.53. The Morgan fingerprint density at radius 3 is 2.44 bits per heavy atom. The lowest BCUT2D eigenvalue weighted by molar-refractivity contribution is 0.271. The van der Waals surface area contributed by atoms with Crippen LogP contribution in [0, 0.1) is 6.92 Å². The van der Waals surface area contributed by atoms with Crippen molar-refractivity contribution < 1.29 is 5.11 Å². The van der Waals surface area contributed by atoms with Crippen LogP contribution in [0.5, 0.6) is 5.75 Å². The van der Waals surface area contributed by atoms with Gasteiger partial charge in [0.25, 0.3) is 0 Å². The van der Waals surface area contributed by atoms with E-state index >= 15 is 0 Å². The van der Waals surface area contributed by atoms with Gasteiger partial charge in [0.2, 0.25) is 0 Å². The second-order valence-electron chi connectivity index (χ2n) is 4.39. The number of hydrogen-bond acceptors (Lipinski definition) is 3. The fraction of sp³-hybridized carbons (Fsp3) is 0.538. The number of rotatable bonds is 2. The monoisotopic (exact) mass is 220 g/mol. The molecule has 1 aliphatic rings. The van der Waals surface area contributed by atoms with Gasteiger partial charge >= 0.3 is 0 Å². The van der Waals surface area contributed by atoms with Crippen molar-refractivity contribution >= 4 is 5.69 Å². The number of anilines is 1. The minimum atomic E-state index is 0.399. The molecule has 16 heavy (non-hydrogen) atoms. The van der Waals surface area contributed by atoms with Crippen LogP contribution >= 0.6 is 0 Å². The second-order valence-corrected chi connectivity index (χ2v) is 4.39. The van der Waals surface area contributed by atoms with Gasteiger partial charge in [-0.3, -0.25) is 0 Å². The largest absolute Gasteiger partial charge is 0.508 e. The molecule has 2 rings (SSSR count). The Morgan fingerprint density at radius 2 is 1.88 bits per heavy atom. The molecule has 1 aromatic rings. The van der Waals surface area contributed by atoms with Gasteiger partial charge in [-0.25, -0.2) is 0 Å². The third kappa shape index (κ3) is 2.30. The van der Waals surface area contributed by atoms with Gasteiger partial charge in [-0.05, 0) is 25.1 Å². The molecule has 1 fully saturated rings. The summed E-state index contributed by atoms with van der Waals surface area (Å²) in [5, 5.41) is 9.69. The summed E-state index contributed by atoms with van der Waals surface area (Å²) >= 11 is 0. The molecule has 3 nitrogen and oxygen atoms in total. The zero-order chi connectivity index (χ0) is 11.5. The SMILES string of the molecule is CCN1CCN(c2ccc(C)c(O)c2)CC1. The molecule has 1 heterocycles. The van der Waals surface area contributed by atoms with E-state index in [0.29, 0.717) is 5.75 Å². The van der Waals surface area contributed by atoms with E-state index in [9.17, 15) is 5.11 Å². The Balaban J connectivity index is 2.05. The fourth-order valence-electron chi connectivity index (χ4n) is 2.12. The molecular weight excluding hydrogens is 200 g/mol. The van der Waals surface area contributed by atoms with E-state index in [1.54, 1.807) is 0 Å². The molecule has 88 valence electrons. The first-order chi connectivity index (χ1) is 7.70. The van der Waals surface area contributed by atoms with Crippen LogP contribution in [-0.2, 0) is 0 Å². The molecule has 0 aromatic heterocycles. The van der Waals surface area contributed by atoms with Crippen molar-refractivity contribution in [2.24, 2.45) is 0 Å². The molecule has 1 aromatic carbocycles. The smallest absolute Gasteiger partial charge is 0.120 e. The van der Waals surface area contributed by atoms with E-state index in [4.69, 9.17) is 0 Å². The van der Waals surface area contributed by atoms with Crippen LogP contribution in [0.25, 0.3) is 0 Å². The molecule has 0 amide bonds. The molecule has 3 heteroatoms. The number of piperazine rings is 1. The van der Waals surface area contributed by atoms with E-state index in [-0.39, 0.29) is 0 Å². The lowest BCUT2D eigenvalue weighted by Crippen LogP contribution is -2.46. The topological polar surface area (TPSA) is 26.7 Å². The molecule has 0 saturated carbocycles. The molecular formula is C13H20N2O. The number of phenols is 1. The van der Waals surface area contributed by atoms with Gasteiger partial charge in [0.1, 0.15) is 5.75 Å². The highest BCUT2D eigenvalue weighted by Gasteiger charge is 2.16. The first kappa shape index (κ1) is 11.3. The van der Waals surface area contributed by atoms with E-state index in [0.717, 1.165) is 44.0 Å². The predicted molar refractivity (Wildman–Crippen MR) is 67.2 cm³/mol. The summed E-state index contributed by atoms with van der Waals surface area (Å²) in [5.41, 5.74) is 2.08. The quantitative estimate of drug-likeness (QED) is 0.824. The van der Waals surface area contributed by atoms with Crippen molar-refractivity contribution in [2.45, 2.75) is 13.8 Å². The first-order valence-electron chi connectivity index (χ1n) is 5.97. The van der Waals surface area contributed by atoms with Crippen LogP contribution in [0.4, 0.5) is 5.69 Å². The van der Waals surface area contributed by atoms with Gasteiger partial charge in [-0.2, -0.15) is 0 Å². The fourth-order valence-corrected chi connectivity index (χ4v) is 2.12. The van der Waals surface area contributed by atoms with Crippen LogP contribution in [0.15, 0.2) is 18.2 Å². The highest BCUT2D eigenvalue weighted by Crippen LogP contribution is 2.24. The summed E-state index contributed by atoms with van der Waals surface area (Å²) in [6, 6.07) is 5.95. The van der Waals surface area contributed by atoms with E-state index in [1.807, 2.05) is 19.1 Å². The summed E-state index contributed by atoms with van der Waals surface area (Å²) in [6.45, 7) is 9.59. The van der Waals surface area contributed by atoms with Crippen LogP contribution < -0.4 is 4.90 Å². The molecule has 0 aliphatic carbocycles. The maximum absolute atomic E-state index is 9.69. The van der Waals surface area contributed by atoms with Gasteiger partial charge in [-0.1, -0.05) is 13.0 Å². The van der Waals surface area contributed by atoms with E-state index < -0.39 is 0 Å². The second kappa shape index (κ2) is 4.74. The van der Waals surface area contributed by atoms with Gasteiger partial charge in [0.05, 0.1) is 0 Å². The van der Waals surface area contributed by atoms with Crippen molar-refractivity contribution in [2.75, 3.05) is 37.6 Å². The molecule has 1 saturated heterocycles. The predicted octanol–water partition coefficient (Wildman–Crippen LogP) is 1.84. The van der Waals surface area contributed by atoms with E-state index in [1.165, 1.54) is 0 Å². The van der Waals surface area contributed by atoms with Gasteiger partial charge in [0, 0.05) is 37.9 Å². The van der Waals surface area contributed by atoms with E-state index in [2.05, 4.69) is 22.8 Å². The summed E-state index contributed by atoms with van der Waals surface area (Å²) in [7, 11) is 0. The molecule has 0 bridgehead atoms. The Hall–Kier alpha value is -1.22. The van der Waals surface area contributed by atoms with Gasteiger partial charge in [0.15, 0.2) is 0 Å². The highest BCUT2D eigenvalue weighted by atomic mass is 16.3. The average Bonchev–Trinajstić information content (AvgIpc) is 2.33. The standard InChI is InChI=1S/C13H20N2O/c1-3-14-6-8-15(9-7-14)12-5-4-11(2)13(16)10-12/h4-5,10,16H,3,6-9H2,1-2H3. The summed E-state index contributed by atoms with van der Waals surface area (Å²) in [5.74, 6) is 0.399. The number of likely N-dealkylation sites (N-methyl/N-ethyl adjacent to an activating group) is 1. The average molecular weight is 220 g/mol. The van der Waals surface area contributed by atoms with Crippen LogP contribution in [0.2, 0.25) is 0 Å². The summed E-state index contributed by atoms with van der Waals surface area (Å²) < 4.78 is 0. The Kier molecular flexibility index (Phi) is 3.34. The number of phenolic OH excluding ortho intramolecular Hbond substituents is 1. The van der Waals surface area contributed by atoms with Crippen molar-refractivity contribution in [1.29, 1.82) is 0 Å². The third-order valence-corrected chi connectivity index (χ3v) is 3.38. The number of hydrogen-bond donors (Lipinski definition) is 1. The van der Waals surface area contributed by atoms with Crippen LogP contribution in [0.3, 0.4) is 0 Å². The Bertz CT molecular complexity index is 357. The molecule has 0 unspecified atom stereocenters. The zero-order valence-electron chi connectivity index (χ0n) is 10.1. The summed E-state index contributed by atoms with van der Waals surface area (Å²) in [6.07, 6.45) is 0. The molecule has 0 spiro atoms. The van der Waals surface area contributed by atoms with Crippen molar-refractivity contribution in [3.05, 3.63) is 23.8 Å². The maximum atomic E-state index is 9.69. The van der Waals surface area contributed by atoms with Gasteiger partial charge < -0.3 is 14.9 Å². The zero-order valence-corrected chi connectivity index (χ0v) is 10.1. The molecule has 0 atom stereocenters. The van der Waals surface area contributed by atoms with Crippen molar-refractivity contribution in [3.63, 3.8) is 0 Å². The minimum absolute atomic E-state index is 0.399. The normalized spacial score (nSPS) is 17.8. The lowest BCUT2D eigenvalue weighted by Gasteiger charge is -2.35. The molecule has 0 radical (unpaired) electrons. The lowest BCUT2D eigenvalue weighted by atomic mass is 10.2. The van der Waals surface area contributed by atoms with Crippen molar-refractivity contribution in [1.82, 2.24) is 4.90 Å². The minimum Gasteiger partial charge on any atom is -0.508 e. The Morgan fingerprint density at radius 1 is 1.19 bits per heavy atom. The number of nitrogens with zero attached hydrogens (tertiary/aromatic N) is 2. The Labute approximate surface area is 97.3 Å². The third-order valence-electron chi connectivity index (χ3n) is 3.38. The number of aryl methyl sites for hydroxylation is 1. The number of aromatic hydroxyl groups is 1. The molecule has 1 N–H and O–H groups in total. The maximum Gasteiger partial charge on any atom is 0.120 e. The number of benzene rings is 1. The first-order valence-corrected chi connectivity index (χ1v) is 5.97. The van der Waals surface area contributed by atoms with Gasteiger partial charge in [-0.15, -0.1) is 0 Å². The molecule has 1 aliphatic heterocycles.